The lowest BCUT2D eigenvalue weighted by Crippen LogP contribution is -2.47. The van der Waals surface area contributed by atoms with Gasteiger partial charge in [-0.25, -0.2) is 0 Å². The molecule has 6 nitrogen and oxygen atoms in total. The molecular formula is C55H41NO5. The van der Waals surface area contributed by atoms with Crippen molar-refractivity contribution in [3.63, 3.8) is 0 Å². The molecule has 1 aliphatic heterocycles. The topological polar surface area (TPSA) is 49.4 Å². The molecule has 0 aromatic heterocycles. The van der Waals surface area contributed by atoms with E-state index in [0.29, 0.717) is 43.5 Å². The number of likely N-dealkylation sites (tertiary alicyclic amines) is 1. The molecule has 1 spiro atoms. The van der Waals surface area contributed by atoms with Crippen molar-refractivity contribution in [1.29, 1.82) is 0 Å². The fourth-order valence-corrected chi connectivity index (χ4v) is 17.5. The highest BCUT2D eigenvalue weighted by molar-refractivity contribution is 6.54. The standard InChI is InChI=1S/C55H41NO5/c1-57-7-8-61-6-5-56-19-29-28-15-25-13-22-11-23-10-20-9-21-12-24-14-26-18-55(29,54(56)40-30(59-3)16-27(58-2)17-31(40)60-4)53-38(26)44-37(24)43-33(21)32(20)41-36(23)42-34(22)35(25)45-39(28)52(53)51-49(44)47(43)46(41)48(42)50(45)51/h10-12,14,16-17,20,26,29,38,54H,5-9,13,15,18-19H2,1-4H3. The molecule has 18 rings (SSSR count). The van der Waals surface area contributed by atoms with E-state index in [2.05, 4.69) is 41.3 Å². The highest BCUT2D eigenvalue weighted by atomic mass is 16.5. The largest absolute Gasteiger partial charge is 0.496 e. The number of ether oxygens (including phenoxy) is 5. The number of methoxy groups -OCH3 is 4. The van der Waals surface area contributed by atoms with Gasteiger partial charge in [0.05, 0.1) is 52.8 Å². The molecule has 2 fully saturated rings. The van der Waals surface area contributed by atoms with E-state index in [1.165, 1.54) is 10.4 Å². The summed E-state index contributed by atoms with van der Waals surface area (Å²) in [6, 6.07) is 9.55. The first-order valence-electron chi connectivity index (χ1n) is 22.8. The van der Waals surface area contributed by atoms with Crippen LogP contribution in [0.15, 0.2) is 24.3 Å². The van der Waals surface area contributed by atoms with Crippen molar-refractivity contribution >= 4 is 104 Å². The highest BCUT2D eigenvalue weighted by Crippen LogP contribution is 2.75. The summed E-state index contributed by atoms with van der Waals surface area (Å²) in [6.45, 7) is 3.64. The minimum atomic E-state index is -0.177. The van der Waals surface area contributed by atoms with Crippen molar-refractivity contribution in [1.82, 2.24) is 4.90 Å². The molecule has 1 saturated heterocycles. The Morgan fingerprint density at radius 2 is 1.38 bits per heavy atom. The molecule has 0 amide bonds. The summed E-state index contributed by atoms with van der Waals surface area (Å²) in [6.07, 6.45) is 9.88. The fraction of sp³-hybridized carbons (Fsp3) is 0.345. The zero-order chi connectivity index (χ0) is 39.4. The van der Waals surface area contributed by atoms with Crippen LogP contribution in [0.1, 0.15) is 58.5 Å². The van der Waals surface area contributed by atoms with Gasteiger partial charge in [-0.1, -0.05) is 35.4 Å². The number of benzene rings is 6. The van der Waals surface area contributed by atoms with E-state index in [1.54, 1.807) is 144 Å². The summed E-state index contributed by atoms with van der Waals surface area (Å²) < 4.78 is 30.6. The van der Waals surface area contributed by atoms with Gasteiger partial charge < -0.3 is 23.7 Å². The number of nitrogens with zero attached hydrogens (tertiary/aromatic N) is 1. The molecule has 6 heteroatoms. The minimum absolute atomic E-state index is 0.0182. The van der Waals surface area contributed by atoms with Crippen molar-refractivity contribution in [3.8, 4) is 17.2 Å². The minimum Gasteiger partial charge on any atom is -0.496 e. The van der Waals surface area contributed by atoms with E-state index >= 15 is 0 Å². The molecule has 296 valence electrons. The third-order valence-electron chi connectivity index (χ3n) is 18.7. The van der Waals surface area contributed by atoms with Crippen molar-refractivity contribution in [2.75, 3.05) is 61.3 Å². The quantitative estimate of drug-likeness (QED) is 0.119. The number of hydrogen-bond donors (Lipinski definition) is 0. The molecule has 6 atom stereocenters. The Kier molecular flexibility index (Phi) is 4.89. The third-order valence-corrected chi connectivity index (χ3v) is 18.7. The van der Waals surface area contributed by atoms with Gasteiger partial charge >= 0.3 is 0 Å². The van der Waals surface area contributed by atoms with E-state index in [-0.39, 0.29) is 11.5 Å². The van der Waals surface area contributed by atoms with Crippen molar-refractivity contribution in [2.45, 2.75) is 43.6 Å². The van der Waals surface area contributed by atoms with Crippen molar-refractivity contribution in [2.24, 2.45) is 17.3 Å². The van der Waals surface area contributed by atoms with Crippen LogP contribution in [0.3, 0.4) is 0 Å². The van der Waals surface area contributed by atoms with E-state index in [1.807, 2.05) is 14.2 Å². The summed E-state index contributed by atoms with van der Waals surface area (Å²) >= 11 is 0. The lowest BCUT2D eigenvalue weighted by atomic mass is 9.59. The zero-order valence-corrected chi connectivity index (χ0v) is 34.7. The number of fused-ring (bicyclic) bond motifs is 1. The van der Waals surface area contributed by atoms with Gasteiger partial charge in [0, 0.05) is 55.5 Å². The van der Waals surface area contributed by atoms with Crippen molar-refractivity contribution < 1.29 is 23.7 Å². The van der Waals surface area contributed by atoms with E-state index < -0.39 is 0 Å². The predicted octanol–water partition coefficient (Wildman–Crippen LogP) is 6.35. The second-order valence-corrected chi connectivity index (χ2v) is 20.4. The van der Waals surface area contributed by atoms with E-state index in [9.17, 15) is 0 Å². The van der Waals surface area contributed by atoms with Crippen LogP contribution in [0, 0.1) is 17.3 Å². The monoisotopic (exact) mass is 795 g/mol. The first kappa shape index (κ1) is 31.4. The Bertz CT molecular complexity index is 4020. The smallest absolute Gasteiger partial charge is 0.131 e. The summed E-state index contributed by atoms with van der Waals surface area (Å²) in [5, 5.41) is 30.6. The fourth-order valence-electron chi connectivity index (χ4n) is 17.5. The molecule has 1 saturated carbocycles. The lowest BCUT2D eigenvalue weighted by Gasteiger charge is -2.44. The van der Waals surface area contributed by atoms with Crippen LogP contribution in [0.4, 0.5) is 0 Å². The molecule has 1 heterocycles. The third kappa shape index (κ3) is 2.84. The molecule has 9 aromatic rings. The van der Waals surface area contributed by atoms with Gasteiger partial charge in [0.25, 0.3) is 0 Å². The Morgan fingerprint density at radius 1 is 0.623 bits per heavy atom. The molecule has 9 aliphatic rings. The molecular weight excluding hydrogens is 755 g/mol. The summed E-state index contributed by atoms with van der Waals surface area (Å²) in [7, 11) is 7.14. The predicted molar refractivity (Wildman–Crippen MR) is 241 cm³/mol. The molecule has 0 radical (unpaired) electrons. The zero-order valence-electron chi connectivity index (χ0n) is 34.7. The maximum absolute atomic E-state index is 6.47. The molecule has 0 N–H and O–H groups in total. The molecule has 61 heavy (non-hydrogen) atoms. The van der Waals surface area contributed by atoms with Crippen LogP contribution in [-0.2, 0) is 22.3 Å². The lowest BCUT2D eigenvalue weighted by molar-refractivity contribution is 0.0508. The van der Waals surface area contributed by atoms with Gasteiger partial charge in [0.15, 0.2) is 0 Å². The van der Waals surface area contributed by atoms with Crippen LogP contribution in [0.5, 0.6) is 17.2 Å². The van der Waals surface area contributed by atoms with Crippen LogP contribution in [-0.4, -0.2) is 66.2 Å². The van der Waals surface area contributed by atoms with Crippen LogP contribution < -0.4 is 40.3 Å². The van der Waals surface area contributed by atoms with Gasteiger partial charge in [-0.05, 0) is 161 Å². The van der Waals surface area contributed by atoms with E-state index in [4.69, 9.17) is 23.7 Å². The average Bonchev–Trinajstić information content (AvgIpc) is 4.13. The van der Waals surface area contributed by atoms with Gasteiger partial charge in [-0.2, -0.15) is 0 Å². The second kappa shape index (κ2) is 9.49. The average molecular weight is 796 g/mol. The van der Waals surface area contributed by atoms with E-state index in [0.717, 1.165) is 61.6 Å². The summed E-state index contributed by atoms with van der Waals surface area (Å²) in [4.78, 5) is 2.80. The molecule has 6 unspecified atom stereocenters. The SMILES string of the molecule is COCCOCCN1CC2C3=c4c5c6c7c8c9c(cc%10c%11c%12c%13c%14c(cc%15c%16c(c4c6c(c%16%14)c%13c7c%119)=C(C3)C%15)=CC%12C%10)=CC3CC2(C=5C83)C1c1c(OC)cc(OC)cc1OC. The summed E-state index contributed by atoms with van der Waals surface area (Å²) in [5.74, 6) is 4.03. The maximum Gasteiger partial charge on any atom is 0.131 e. The van der Waals surface area contributed by atoms with Gasteiger partial charge in [-0.15, -0.1) is 0 Å². The molecule has 9 aromatic carbocycles. The summed E-state index contributed by atoms with van der Waals surface area (Å²) in [5.41, 5.74) is 12.6. The van der Waals surface area contributed by atoms with Gasteiger partial charge in [-0.3, -0.25) is 4.90 Å². The normalized spacial score (nSPS) is 27.4. The second-order valence-electron chi connectivity index (χ2n) is 20.4. The Hall–Kier alpha value is -5.40. The Morgan fingerprint density at radius 3 is 2.20 bits per heavy atom. The Balaban J connectivity index is 1.08. The van der Waals surface area contributed by atoms with Crippen molar-refractivity contribution in [3.05, 3.63) is 78.2 Å². The van der Waals surface area contributed by atoms with Gasteiger partial charge in [0.1, 0.15) is 17.2 Å². The first-order chi connectivity index (χ1) is 30.1. The molecule has 8 aliphatic carbocycles. The molecule has 0 bridgehead atoms. The number of hydrogen-bond acceptors (Lipinski definition) is 6. The van der Waals surface area contributed by atoms with Gasteiger partial charge in [0.2, 0.25) is 0 Å². The van der Waals surface area contributed by atoms with Crippen LogP contribution in [0.2, 0.25) is 0 Å². The van der Waals surface area contributed by atoms with Crippen LogP contribution >= 0.6 is 0 Å². The maximum atomic E-state index is 6.47. The Labute approximate surface area is 349 Å². The highest BCUT2D eigenvalue weighted by Gasteiger charge is 2.67. The number of rotatable bonds is 10. The van der Waals surface area contributed by atoms with Crippen LogP contribution in [0.25, 0.3) is 104 Å². The first-order valence-corrected chi connectivity index (χ1v) is 22.8.